The predicted octanol–water partition coefficient (Wildman–Crippen LogP) is 1.36. The van der Waals surface area contributed by atoms with Crippen molar-refractivity contribution in [3.63, 3.8) is 0 Å². The van der Waals surface area contributed by atoms with E-state index in [1.807, 2.05) is 0 Å². The van der Waals surface area contributed by atoms with E-state index in [2.05, 4.69) is 4.74 Å². The molecule has 1 rings (SSSR count). The van der Waals surface area contributed by atoms with Crippen LogP contribution in [0.2, 0.25) is 0 Å². The van der Waals surface area contributed by atoms with E-state index in [0.717, 1.165) is 0 Å². The quantitative estimate of drug-likeness (QED) is 0.563. The molecule has 1 unspecified atom stereocenters. The third-order valence-corrected chi connectivity index (χ3v) is 0.990. The smallest absolute Gasteiger partial charge is 0.249 e. The second-order valence-electron chi connectivity index (χ2n) is 1.58. The molecular formula is C6H7O3. The van der Waals surface area contributed by atoms with Crippen LogP contribution < -0.4 is 0 Å². The van der Waals surface area contributed by atoms with Crippen molar-refractivity contribution in [2.24, 2.45) is 0 Å². The second kappa shape index (κ2) is 2.66. The van der Waals surface area contributed by atoms with Crippen LogP contribution in [0.3, 0.4) is 0 Å². The van der Waals surface area contributed by atoms with E-state index in [0.29, 0.717) is 5.76 Å². The van der Waals surface area contributed by atoms with Crippen molar-refractivity contribution in [1.29, 1.82) is 0 Å². The Morgan fingerprint density at radius 2 is 2.56 bits per heavy atom. The van der Waals surface area contributed by atoms with E-state index < -0.39 is 6.29 Å². The maximum atomic E-state index is 10.6. The molecule has 0 amide bonds. The van der Waals surface area contributed by atoms with Crippen molar-refractivity contribution in [3.8, 4) is 0 Å². The van der Waals surface area contributed by atoms with Crippen LogP contribution in [-0.4, -0.2) is 7.11 Å². The van der Waals surface area contributed by atoms with Crippen molar-refractivity contribution in [2.75, 3.05) is 7.11 Å². The number of rotatable bonds is 2. The molecular weight excluding hydrogens is 120 g/mol. The Kier molecular flexibility index (Phi) is 1.87. The minimum atomic E-state index is -1.18. The zero-order valence-corrected chi connectivity index (χ0v) is 5.03. The topological polar surface area (TPSA) is 42.3 Å². The highest BCUT2D eigenvalue weighted by molar-refractivity contribution is 4.98. The molecule has 0 aliphatic carbocycles. The summed E-state index contributed by atoms with van der Waals surface area (Å²) < 4.78 is 9.19. The van der Waals surface area contributed by atoms with Crippen molar-refractivity contribution in [1.82, 2.24) is 0 Å². The van der Waals surface area contributed by atoms with Crippen molar-refractivity contribution >= 4 is 0 Å². The third kappa shape index (κ3) is 1.31. The summed E-state index contributed by atoms with van der Waals surface area (Å²) in [5.41, 5.74) is 0. The Bertz CT molecular complexity index is 157. The van der Waals surface area contributed by atoms with Gasteiger partial charge in [-0.05, 0) is 12.1 Å². The molecule has 0 aliphatic heterocycles. The van der Waals surface area contributed by atoms with Gasteiger partial charge in [0.05, 0.1) is 6.26 Å². The number of ether oxygens (including phenoxy) is 1. The maximum Gasteiger partial charge on any atom is 0.249 e. The largest absolute Gasteiger partial charge is 0.464 e. The van der Waals surface area contributed by atoms with Crippen LogP contribution in [-0.2, 0) is 9.84 Å². The normalized spacial score (nSPS) is 13.6. The summed E-state index contributed by atoms with van der Waals surface area (Å²) in [6.45, 7) is 0. The minimum absolute atomic E-state index is 0.317. The second-order valence-corrected chi connectivity index (χ2v) is 1.58. The molecule has 1 atom stereocenters. The van der Waals surface area contributed by atoms with E-state index in [9.17, 15) is 5.11 Å². The molecule has 1 aromatic rings. The Labute approximate surface area is 52.9 Å². The molecule has 0 bridgehead atoms. The van der Waals surface area contributed by atoms with Gasteiger partial charge in [-0.25, -0.2) is 0 Å². The molecule has 0 fully saturated rings. The first-order chi connectivity index (χ1) is 4.34. The van der Waals surface area contributed by atoms with Gasteiger partial charge in [-0.15, -0.1) is 0 Å². The first kappa shape index (κ1) is 6.32. The lowest BCUT2D eigenvalue weighted by Gasteiger charge is -1.98. The summed E-state index contributed by atoms with van der Waals surface area (Å²) in [4.78, 5) is 0. The van der Waals surface area contributed by atoms with Gasteiger partial charge in [-0.3, -0.25) is 0 Å². The minimum Gasteiger partial charge on any atom is -0.464 e. The average Bonchev–Trinajstić information content (AvgIpc) is 2.37. The van der Waals surface area contributed by atoms with Crippen LogP contribution >= 0.6 is 0 Å². The van der Waals surface area contributed by atoms with Crippen LogP contribution in [0.5, 0.6) is 0 Å². The van der Waals surface area contributed by atoms with Gasteiger partial charge in [0.25, 0.3) is 0 Å². The zero-order valence-electron chi connectivity index (χ0n) is 5.03. The lowest BCUT2D eigenvalue weighted by atomic mass is 10.4. The molecule has 0 saturated heterocycles. The molecule has 9 heavy (non-hydrogen) atoms. The van der Waals surface area contributed by atoms with Gasteiger partial charge in [0.1, 0.15) is 0 Å². The predicted molar refractivity (Wildman–Crippen MR) is 29.1 cm³/mol. The molecule has 0 spiro atoms. The molecule has 1 radical (unpaired) electrons. The van der Waals surface area contributed by atoms with Crippen molar-refractivity contribution < 1.29 is 14.3 Å². The molecule has 1 heterocycles. The van der Waals surface area contributed by atoms with Crippen LogP contribution in [0.1, 0.15) is 12.1 Å². The fourth-order valence-electron chi connectivity index (χ4n) is 0.542. The molecule has 0 aliphatic rings. The van der Waals surface area contributed by atoms with Gasteiger partial charge in [0, 0.05) is 7.11 Å². The van der Waals surface area contributed by atoms with Gasteiger partial charge in [-0.2, -0.15) is 5.11 Å². The zero-order chi connectivity index (χ0) is 6.69. The van der Waals surface area contributed by atoms with E-state index >= 15 is 0 Å². The van der Waals surface area contributed by atoms with Gasteiger partial charge < -0.3 is 9.15 Å². The van der Waals surface area contributed by atoms with E-state index in [-0.39, 0.29) is 0 Å². The van der Waals surface area contributed by atoms with Crippen LogP contribution in [0.25, 0.3) is 0 Å². The van der Waals surface area contributed by atoms with Gasteiger partial charge >= 0.3 is 0 Å². The van der Waals surface area contributed by atoms with E-state index in [1.165, 1.54) is 13.4 Å². The van der Waals surface area contributed by atoms with Crippen LogP contribution in [0.15, 0.2) is 22.8 Å². The van der Waals surface area contributed by atoms with Crippen LogP contribution in [0.4, 0.5) is 0 Å². The number of furan rings is 1. The fraction of sp³-hybridized carbons (Fsp3) is 0.333. The summed E-state index contributed by atoms with van der Waals surface area (Å²) >= 11 is 0. The number of hydrogen-bond donors (Lipinski definition) is 0. The van der Waals surface area contributed by atoms with Gasteiger partial charge in [0.2, 0.25) is 6.29 Å². The lowest BCUT2D eigenvalue weighted by molar-refractivity contribution is -0.135. The Morgan fingerprint density at radius 3 is 3.00 bits per heavy atom. The molecule has 49 valence electrons. The maximum absolute atomic E-state index is 10.6. The highest BCUT2D eigenvalue weighted by Crippen LogP contribution is 2.12. The van der Waals surface area contributed by atoms with Crippen LogP contribution in [0, 0.1) is 0 Å². The fourth-order valence-corrected chi connectivity index (χ4v) is 0.542. The summed E-state index contributed by atoms with van der Waals surface area (Å²) in [7, 11) is 1.35. The first-order valence-corrected chi connectivity index (χ1v) is 2.56. The summed E-state index contributed by atoms with van der Waals surface area (Å²) in [6.07, 6.45) is 0.263. The molecule has 3 heteroatoms. The summed E-state index contributed by atoms with van der Waals surface area (Å²) in [5.74, 6) is 0.317. The Hall–Kier alpha value is -0.800. The molecule has 0 N–H and O–H groups in total. The SMILES string of the molecule is COC([O])c1ccco1. The summed E-state index contributed by atoms with van der Waals surface area (Å²) in [6, 6.07) is 3.24. The van der Waals surface area contributed by atoms with E-state index in [4.69, 9.17) is 4.42 Å². The average molecular weight is 127 g/mol. The summed E-state index contributed by atoms with van der Waals surface area (Å²) in [5, 5.41) is 10.6. The van der Waals surface area contributed by atoms with Crippen molar-refractivity contribution in [2.45, 2.75) is 6.29 Å². The highest BCUT2D eigenvalue weighted by atomic mass is 16.6. The third-order valence-electron chi connectivity index (χ3n) is 0.990. The molecule has 0 saturated carbocycles. The lowest BCUT2D eigenvalue weighted by Crippen LogP contribution is -1.94. The van der Waals surface area contributed by atoms with Gasteiger partial charge in [-0.1, -0.05) is 0 Å². The number of methoxy groups -OCH3 is 1. The monoisotopic (exact) mass is 127 g/mol. The van der Waals surface area contributed by atoms with E-state index in [1.54, 1.807) is 12.1 Å². The molecule has 3 nitrogen and oxygen atoms in total. The van der Waals surface area contributed by atoms with Crippen molar-refractivity contribution in [3.05, 3.63) is 24.2 Å². The molecule has 1 aromatic heterocycles. The first-order valence-electron chi connectivity index (χ1n) is 2.56. The molecule has 0 aromatic carbocycles. The highest BCUT2D eigenvalue weighted by Gasteiger charge is 2.08. The van der Waals surface area contributed by atoms with Gasteiger partial charge in [0.15, 0.2) is 5.76 Å². The Balaban J connectivity index is 2.65. The number of hydrogen-bond acceptors (Lipinski definition) is 2. The Morgan fingerprint density at radius 1 is 1.78 bits per heavy atom. The standard InChI is InChI=1S/C6H7O3/c1-8-6(7)5-3-2-4-9-5/h2-4,6H,1H3.